The van der Waals surface area contributed by atoms with E-state index in [2.05, 4.69) is 10.6 Å². The average Bonchev–Trinajstić information content (AvgIpc) is 2.57. The molecule has 0 aliphatic rings. The van der Waals surface area contributed by atoms with Crippen molar-refractivity contribution in [1.29, 1.82) is 5.26 Å². The molecule has 0 aromatic heterocycles. The van der Waals surface area contributed by atoms with Gasteiger partial charge in [-0.05, 0) is 68.8 Å². The first-order valence-electron chi connectivity index (χ1n) is 7.63. The Morgan fingerprint density at radius 2 is 1.64 bits per heavy atom. The molecule has 0 unspecified atom stereocenters. The number of nitrogens with one attached hydrogen (secondary N) is 2. The van der Waals surface area contributed by atoms with E-state index in [1.165, 1.54) is 0 Å². The van der Waals surface area contributed by atoms with Gasteiger partial charge in [-0.25, -0.2) is 0 Å². The van der Waals surface area contributed by atoms with Crippen molar-refractivity contribution in [2.75, 3.05) is 10.6 Å². The van der Waals surface area contributed by atoms with Crippen LogP contribution in [0.1, 0.15) is 25.0 Å². The molecule has 2 amide bonds. The number of carbonyl (C=O) groups excluding carboxylic acids is 2. The Balaban J connectivity index is 2.11. The van der Waals surface area contributed by atoms with Crippen LogP contribution in [-0.4, -0.2) is 11.8 Å². The van der Waals surface area contributed by atoms with Crippen molar-refractivity contribution in [3.8, 4) is 6.07 Å². The molecule has 2 aromatic rings. The summed E-state index contributed by atoms with van der Waals surface area (Å²) in [6, 6.07) is 13.5. The highest BCUT2D eigenvalue weighted by atomic mass is 35.5. The summed E-state index contributed by atoms with van der Waals surface area (Å²) in [5.74, 6) is -0.870. The van der Waals surface area contributed by atoms with Gasteiger partial charge in [0.25, 0.3) is 0 Å². The summed E-state index contributed by atoms with van der Waals surface area (Å²) in [6.07, 6.45) is 0. The number of benzene rings is 2. The van der Waals surface area contributed by atoms with Crippen molar-refractivity contribution in [3.63, 3.8) is 0 Å². The highest BCUT2D eigenvalue weighted by Crippen LogP contribution is 2.24. The highest BCUT2D eigenvalue weighted by molar-refractivity contribution is 6.30. The molecule has 6 heteroatoms. The number of anilines is 2. The molecule has 0 bridgehead atoms. The number of rotatable bonds is 4. The average molecular weight is 356 g/mol. The van der Waals surface area contributed by atoms with E-state index in [9.17, 15) is 9.59 Å². The Kier molecular flexibility index (Phi) is 5.45. The van der Waals surface area contributed by atoms with Crippen molar-refractivity contribution in [1.82, 2.24) is 0 Å². The smallest absolute Gasteiger partial charge is 0.239 e. The van der Waals surface area contributed by atoms with Gasteiger partial charge < -0.3 is 10.6 Å². The zero-order chi connectivity index (χ0) is 18.6. The number of nitriles is 1. The topological polar surface area (TPSA) is 82.0 Å². The maximum atomic E-state index is 12.6. The summed E-state index contributed by atoms with van der Waals surface area (Å²) in [5.41, 5.74) is 1.14. The van der Waals surface area contributed by atoms with Gasteiger partial charge in [-0.15, -0.1) is 0 Å². The van der Waals surface area contributed by atoms with Gasteiger partial charge in [0.2, 0.25) is 11.8 Å². The second kappa shape index (κ2) is 7.37. The monoisotopic (exact) mass is 355 g/mol. The molecule has 2 rings (SSSR count). The second-order valence-electron chi connectivity index (χ2n) is 6.18. The number of hydrogen-bond donors (Lipinski definition) is 2. The van der Waals surface area contributed by atoms with Gasteiger partial charge in [-0.3, -0.25) is 9.59 Å². The molecule has 0 aliphatic heterocycles. The van der Waals surface area contributed by atoms with Gasteiger partial charge >= 0.3 is 0 Å². The first-order chi connectivity index (χ1) is 11.7. The van der Waals surface area contributed by atoms with Gasteiger partial charge in [0.05, 0.1) is 11.6 Å². The molecule has 0 saturated carbocycles. The van der Waals surface area contributed by atoms with Crippen LogP contribution in [0.15, 0.2) is 42.5 Å². The van der Waals surface area contributed by atoms with Gasteiger partial charge in [0.15, 0.2) is 0 Å². The number of nitrogens with zero attached hydrogens (tertiary/aromatic N) is 1. The van der Waals surface area contributed by atoms with Crippen molar-refractivity contribution >= 4 is 34.8 Å². The minimum Gasteiger partial charge on any atom is -0.325 e. The fraction of sp³-hybridized carbons (Fsp3) is 0.211. The minimum absolute atomic E-state index is 0.427. The van der Waals surface area contributed by atoms with E-state index in [0.29, 0.717) is 22.0 Å². The summed E-state index contributed by atoms with van der Waals surface area (Å²) in [5, 5.41) is 14.8. The fourth-order valence-corrected chi connectivity index (χ4v) is 2.29. The summed E-state index contributed by atoms with van der Waals surface area (Å²) < 4.78 is 0. The van der Waals surface area contributed by atoms with Crippen LogP contribution in [0.3, 0.4) is 0 Å². The van der Waals surface area contributed by atoms with Crippen LogP contribution in [0, 0.1) is 23.7 Å². The van der Waals surface area contributed by atoms with Gasteiger partial charge in [-0.1, -0.05) is 11.6 Å². The number of amides is 2. The van der Waals surface area contributed by atoms with E-state index in [1.807, 2.05) is 13.0 Å². The van der Waals surface area contributed by atoms with E-state index >= 15 is 0 Å². The maximum Gasteiger partial charge on any atom is 0.239 e. The predicted octanol–water partition coefficient (Wildman–Crippen LogP) is 4.12. The zero-order valence-electron chi connectivity index (χ0n) is 14.2. The molecular weight excluding hydrogens is 338 g/mol. The molecule has 0 fully saturated rings. The second-order valence-corrected chi connectivity index (χ2v) is 6.62. The number of hydrogen-bond acceptors (Lipinski definition) is 3. The van der Waals surface area contributed by atoms with Crippen molar-refractivity contribution in [2.24, 2.45) is 5.41 Å². The van der Waals surface area contributed by atoms with Crippen molar-refractivity contribution < 1.29 is 9.59 Å². The third-order valence-corrected chi connectivity index (χ3v) is 4.08. The lowest BCUT2D eigenvalue weighted by atomic mass is 9.90. The molecule has 0 aliphatic carbocycles. The molecule has 0 radical (unpaired) electrons. The molecular formula is C19H18ClN3O2. The molecule has 0 spiro atoms. The SMILES string of the molecule is Cc1cc(Cl)ccc1NC(=O)C(C)(C)C(=O)Nc1ccc(C#N)cc1. The number of carbonyl (C=O) groups is 2. The lowest BCUT2D eigenvalue weighted by molar-refractivity contribution is -0.135. The Labute approximate surface area is 151 Å². The van der Waals surface area contributed by atoms with E-state index < -0.39 is 17.2 Å². The van der Waals surface area contributed by atoms with Crippen LogP contribution in [0.2, 0.25) is 5.02 Å². The number of halogens is 1. The lowest BCUT2D eigenvalue weighted by Gasteiger charge is -2.23. The summed E-state index contributed by atoms with van der Waals surface area (Å²) >= 11 is 5.91. The molecule has 2 aromatic carbocycles. The molecule has 2 N–H and O–H groups in total. The minimum atomic E-state index is -1.29. The van der Waals surface area contributed by atoms with Crippen LogP contribution in [0.4, 0.5) is 11.4 Å². The highest BCUT2D eigenvalue weighted by Gasteiger charge is 2.36. The van der Waals surface area contributed by atoms with E-state index in [1.54, 1.807) is 56.3 Å². The standard InChI is InChI=1S/C19H18ClN3O2/c1-12-10-14(20)6-9-16(12)23-18(25)19(2,3)17(24)22-15-7-4-13(11-21)5-8-15/h4-10H,1-3H3,(H,22,24)(H,23,25). The van der Waals surface area contributed by atoms with Gasteiger partial charge in [0.1, 0.15) is 5.41 Å². The lowest BCUT2D eigenvalue weighted by Crippen LogP contribution is -2.41. The normalized spacial score (nSPS) is 10.7. The van der Waals surface area contributed by atoms with Crippen molar-refractivity contribution in [3.05, 3.63) is 58.6 Å². The third-order valence-electron chi connectivity index (χ3n) is 3.84. The van der Waals surface area contributed by atoms with Crippen LogP contribution >= 0.6 is 11.6 Å². The fourth-order valence-electron chi connectivity index (χ4n) is 2.06. The summed E-state index contributed by atoms with van der Waals surface area (Å²) in [6.45, 7) is 4.92. The van der Waals surface area contributed by atoms with Crippen LogP contribution in [0.25, 0.3) is 0 Å². The first-order valence-corrected chi connectivity index (χ1v) is 8.01. The molecule has 128 valence electrons. The molecule has 0 heterocycles. The quantitative estimate of drug-likeness (QED) is 0.809. The van der Waals surface area contributed by atoms with Crippen LogP contribution in [-0.2, 0) is 9.59 Å². The zero-order valence-corrected chi connectivity index (χ0v) is 14.9. The molecule has 5 nitrogen and oxygen atoms in total. The Bertz CT molecular complexity index is 852. The predicted molar refractivity (Wildman–Crippen MR) is 98.4 cm³/mol. The Hall–Kier alpha value is -2.84. The van der Waals surface area contributed by atoms with Crippen molar-refractivity contribution in [2.45, 2.75) is 20.8 Å². The van der Waals surface area contributed by atoms with Crippen LogP contribution < -0.4 is 10.6 Å². The van der Waals surface area contributed by atoms with E-state index in [4.69, 9.17) is 16.9 Å². The van der Waals surface area contributed by atoms with Crippen LogP contribution in [0.5, 0.6) is 0 Å². The Morgan fingerprint density at radius 3 is 2.20 bits per heavy atom. The number of aryl methyl sites for hydroxylation is 1. The summed E-state index contributed by atoms with van der Waals surface area (Å²) in [4.78, 5) is 25.1. The molecule has 0 atom stereocenters. The van der Waals surface area contributed by atoms with E-state index in [-0.39, 0.29) is 0 Å². The van der Waals surface area contributed by atoms with Gasteiger partial charge in [-0.2, -0.15) is 5.26 Å². The third kappa shape index (κ3) is 4.37. The first kappa shape index (κ1) is 18.5. The largest absolute Gasteiger partial charge is 0.325 e. The summed E-state index contributed by atoms with van der Waals surface area (Å²) in [7, 11) is 0. The Morgan fingerprint density at radius 1 is 1.04 bits per heavy atom. The molecule has 0 saturated heterocycles. The van der Waals surface area contributed by atoms with E-state index in [0.717, 1.165) is 5.56 Å². The molecule has 25 heavy (non-hydrogen) atoms. The maximum absolute atomic E-state index is 12.6. The van der Waals surface area contributed by atoms with Gasteiger partial charge in [0, 0.05) is 16.4 Å².